The van der Waals surface area contributed by atoms with E-state index in [1.807, 2.05) is 64.1 Å². The van der Waals surface area contributed by atoms with Crippen molar-refractivity contribution in [1.29, 1.82) is 0 Å². The summed E-state index contributed by atoms with van der Waals surface area (Å²) in [6.07, 6.45) is 1.12. The Labute approximate surface area is 156 Å². The molecule has 0 saturated heterocycles. The largest absolute Gasteiger partial charge is 0.348 e. The fourth-order valence-corrected chi connectivity index (χ4v) is 3.63. The number of rotatable bonds is 6. The van der Waals surface area contributed by atoms with Crippen molar-refractivity contribution in [3.8, 4) is 0 Å². The Morgan fingerprint density at radius 1 is 1.04 bits per heavy atom. The lowest BCUT2D eigenvalue weighted by Gasteiger charge is -2.25. The molecule has 0 aromatic heterocycles. The summed E-state index contributed by atoms with van der Waals surface area (Å²) >= 11 is 0. The first-order valence-corrected chi connectivity index (χ1v) is 10.3. The van der Waals surface area contributed by atoms with Crippen LogP contribution in [-0.4, -0.2) is 27.1 Å². The van der Waals surface area contributed by atoms with E-state index in [9.17, 15) is 13.2 Å². The highest BCUT2D eigenvalue weighted by atomic mass is 32.2. The first kappa shape index (κ1) is 20.0. The predicted octanol–water partition coefficient (Wildman–Crippen LogP) is 3.26. The second-order valence-electron chi connectivity index (χ2n) is 6.76. The summed E-state index contributed by atoms with van der Waals surface area (Å²) in [6.45, 7) is 7.36. The molecule has 0 saturated carbocycles. The van der Waals surface area contributed by atoms with Crippen molar-refractivity contribution in [2.75, 3.05) is 17.1 Å². The standard InChI is InChI=1S/C20H26N2O3S/c1-14-7-10-18(11-8-14)17(4)21-20(23)13-22(26(5,24)25)19-12-15(2)6-9-16(19)3/h6-12,17H,13H2,1-5H3,(H,21,23)/t17-/m1/s1. The maximum absolute atomic E-state index is 12.5. The minimum Gasteiger partial charge on any atom is -0.348 e. The van der Waals surface area contributed by atoms with Crippen LogP contribution in [0.4, 0.5) is 5.69 Å². The molecule has 2 aromatic rings. The molecule has 6 heteroatoms. The van der Waals surface area contributed by atoms with Crippen LogP contribution in [0.3, 0.4) is 0 Å². The zero-order valence-corrected chi connectivity index (χ0v) is 16.7. The van der Waals surface area contributed by atoms with Gasteiger partial charge in [0.15, 0.2) is 0 Å². The highest BCUT2D eigenvalue weighted by Gasteiger charge is 2.23. The lowest BCUT2D eigenvalue weighted by molar-refractivity contribution is -0.120. The average molecular weight is 375 g/mol. The van der Waals surface area contributed by atoms with E-state index in [1.54, 1.807) is 6.07 Å². The molecule has 0 heterocycles. The number of carbonyl (C=O) groups is 1. The Kier molecular flexibility index (Phi) is 6.08. The average Bonchev–Trinajstić information content (AvgIpc) is 2.54. The number of aryl methyl sites for hydroxylation is 3. The number of sulfonamides is 1. The topological polar surface area (TPSA) is 66.5 Å². The Morgan fingerprint density at radius 3 is 2.19 bits per heavy atom. The molecular weight excluding hydrogens is 348 g/mol. The van der Waals surface area contributed by atoms with Crippen molar-refractivity contribution in [2.24, 2.45) is 0 Å². The predicted molar refractivity (Wildman–Crippen MR) is 106 cm³/mol. The van der Waals surface area contributed by atoms with Crippen molar-refractivity contribution >= 4 is 21.6 Å². The van der Waals surface area contributed by atoms with Gasteiger partial charge in [-0.2, -0.15) is 0 Å². The van der Waals surface area contributed by atoms with Crippen molar-refractivity contribution in [2.45, 2.75) is 33.7 Å². The van der Waals surface area contributed by atoms with Crippen molar-refractivity contribution < 1.29 is 13.2 Å². The molecule has 2 rings (SSSR count). The molecule has 1 amide bonds. The van der Waals surface area contributed by atoms with Crippen LogP contribution >= 0.6 is 0 Å². The number of benzene rings is 2. The Morgan fingerprint density at radius 2 is 1.62 bits per heavy atom. The van der Waals surface area contributed by atoms with Gasteiger partial charge in [-0.1, -0.05) is 42.0 Å². The third-order valence-electron chi connectivity index (χ3n) is 4.28. The molecular formula is C20H26N2O3S. The van der Waals surface area contributed by atoms with Gasteiger partial charge in [0.2, 0.25) is 15.9 Å². The third kappa shape index (κ3) is 5.08. The first-order chi connectivity index (χ1) is 12.1. The molecule has 2 aromatic carbocycles. The van der Waals surface area contributed by atoms with Crippen LogP contribution < -0.4 is 9.62 Å². The van der Waals surface area contributed by atoms with E-state index >= 15 is 0 Å². The summed E-state index contributed by atoms with van der Waals surface area (Å²) in [6, 6.07) is 13.2. The molecule has 0 fully saturated rings. The van der Waals surface area contributed by atoms with E-state index in [1.165, 1.54) is 0 Å². The number of nitrogens with zero attached hydrogens (tertiary/aromatic N) is 1. The fourth-order valence-electron chi connectivity index (χ4n) is 2.73. The third-order valence-corrected chi connectivity index (χ3v) is 5.40. The first-order valence-electron chi connectivity index (χ1n) is 8.49. The normalized spacial score (nSPS) is 12.5. The van der Waals surface area contributed by atoms with Crippen LogP contribution in [0.15, 0.2) is 42.5 Å². The molecule has 0 spiro atoms. The van der Waals surface area contributed by atoms with Gasteiger partial charge in [-0.05, 0) is 50.5 Å². The van der Waals surface area contributed by atoms with E-state index in [0.717, 1.165) is 32.8 Å². The van der Waals surface area contributed by atoms with Gasteiger partial charge in [-0.15, -0.1) is 0 Å². The number of anilines is 1. The van der Waals surface area contributed by atoms with Gasteiger partial charge >= 0.3 is 0 Å². The summed E-state index contributed by atoms with van der Waals surface area (Å²) in [5.41, 5.74) is 4.39. The SMILES string of the molecule is Cc1ccc([C@@H](C)NC(=O)CN(c2cc(C)ccc2C)S(C)(=O)=O)cc1. The van der Waals surface area contributed by atoms with Crippen LogP contribution in [0.5, 0.6) is 0 Å². The van der Waals surface area contributed by atoms with E-state index in [2.05, 4.69) is 5.32 Å². The lowest BCUT2D eigenvalue weighted by atomic mass is 10.1. The van der Waals surface area contributed by atoms with Gasteiger partial charge in [0.05, 0.1) is 18.0 Å². The molecule has 1 atom stereocenters. The van der Waals surface area contributed by atoms with Gasteiger partial charge in [0.1, 0.15) is 6.54 Å². The highest BCUT2D eigenvalue weighted by Crippen LogP contribution is 2.24. The summed E-state index contributed by atoms with van der Waals surface area (Å²) in [4.78, 5) is 12.5. The maximum atomic E-state index is 12.5. The van der Waals surface area contributed by atoms with Gasteiger partial charge < -0.3 is 5.32 Å². The minimum absolute atomic E-state index is 0.205. The van der Waals surface area contributed by atoms with Crippen LogP contribution in [0.25, 0.3) is 0 Å². The van der Waals surface area contributed by atoms with Gasteiger partial charge in [0, 0.05) is 0 Å². The minimum atomic E-state index is -3.59. The Bertz CT molecular complexity index is 890. The van der Waals surface area contributed by atoms with Gasteiger partial charge in [0.25, 0.3) is 0 Å². The number of hydrogen-bond acceptors (Lipinski definition) is 3. The highest BCUT2D eigenvalue weighted by molar-refractivity contribution is 7.92. The summed E-state index contributed by atoms with van der Waals surface area (Å²) in [5, 5.41) is 2.88. The van der Waals surface area contributed by atoms with Crippen LogP contribution in [0.1, 0.15) is 35.2 Å². The second kappa shape index (κ2) is 7.91. The zero-order chi connectivity index (χ0) is 19.5. The van der Waals surface area contributed by atoms with E-state index in [0.29, 0.717) is 5.69 Å². The summed E-state index contributed by atoms with van der Waals surface area (Å²) in [5.74, 6) is -0.343. The number of nitrogens with one attached hydrogen (secondary N) is 1. The molecule has 5 nitrogen and oxygen atoms in total. The maximum Gasteiger partial charge on any atom is 0.241 e. The van der Waals surface area contributed by atoms with Crippen molar-refractivity contribution in [3.05, 3.63) is 64.7 Å². The molecule has 0 unspecified atom stereocenters. The zero-order valence-electron chi connectivity index (χ0n) is 15.9. The number of carbonyl (C=O) groups excluding carboxylic acids is 1. The number of hydrogen-bond donors (Lipinski definition) is 1. The fraction of sp³-hybridized carbons (Fsp3) is 0.350. The molecule has 0 bridgehead atoms. The van der Waals surface area contributed by atoms with Gasteiger partial charge in [-0.25, -0.2) is 8.42 Å². The second-order valence-corrected chi connectivity index (χ2v) is 8.67. The molecule has 0 radical (unpaired) electrons. The molecule has 0 aliphatic carbocycles. The van der Waals surface area contributed by atoms with Crippen molar-refractivity contribution in [1.82, 2.24) is 5.32 Å². The molecule has 140 valence electrons. The smallest absolute Gasteiger partial charge is 0.241 e. The van der Waals surface area contributed by atoms with Crippen LogP contribution in [-0.2, 0) is 14.8 Å². The lowest BCUT2D eigenvalue weighted by Crippen LogP contribution is -2.41. The monoisotopic (exact) mass is 374 g/mol. The Balaban J connectivity index is 2.19. The van der Waals surface area contributed by atoms with E-state index in [-0.39, 0.29) is 18.5 Å². The van der Waals surface area contributed by atoms with Crippen LogP contribution in [0, 0.1) is 20.8 Å². The molecule has 0 aliphatic rings. The molecule has 26 heavy (non-hydrogen) atoms. The molecule has 0 aliphatic heterocycles. The van der Waals surface area contributed by atoms with Crippen LogP contribution in [0.2, 0.25) is 0 Å². The Hall–Kier alpha value is -2.34. The summed E-state index contributed by atoms with van der Waals surface area (Å²) in [7, 11) is -3.59. The van der Waals surface area contributed by atoms with E-state index < -0.39 is 10.0 Å². The number of amides is 1. The summed E-state index contributed by atoms with van der Waals surface area (Å²) < 4.78 is 25.7. The molecule has 1 N–H and O–H groups in total. The quantitative estimate of drug-likeness (QED) is 0.844. The van der Waals surface area contributed by atoms with Gasteiger partial charge in [-0.3, -0.25) is 9.10 Å². The van der Waals surface area contributed by atoms with E-state index in [4.69, 9.17) is 0 Å². The van der Waals surface area contributed by atoms with Crippen molar-refractivity contribution in [3.63, 3.8) is 0 Å².